The summed E-state index contributed by atoms with van der Waals surface area (Å²) in [6, 6.07) is 2.02. The summed E-state index contributed by atoms with van der Waals surface area (Å²) in [6.45, 7) is 5.41. The van der Waals surface area contributed by atoms with E-state index in [1.165, 1.54) is 0 Å². The quantitative estimate of drug-likeness (QED) is 0.494. The van der Waals surface area contributed by atoms with E-state index in [9.17, 15) is 0 Å². The van der Waals surface area contributed by atoms with Crippen molar-refractivity contribution in [3.05, 3.63) is 34.9 Å². The van der Waals surface area contributed by atoms with Gasteiger partial charge in [-0.3, -0.25) is 0 Å². The van der Waals surface area contributed by atoms with Gasteiger partial charge in [-0.2, -0.15) is 5.26 Å². The number of hydrogen-bond donors (Lipinski definition) is 0. The van der Waals surface area contributed by atoms with Crippen molar-refractivity contribution in [1.29, 1.82) is 5.26 Å². The normalized spacial score (nSPS) is 11.5. The topological polar surface area (TPSA) is 23.8 Å². The molecule has 0 aromatic carbocycles. The van der Waals surface area contributed by atoms with Gasteiger partial charge in [-0.15, -0.1) is 0 Å². The van der Waals surface area contributed by atoms with E-state index in [0.717, 1.165) is 4.48 Å². The lowest BCUT2D eigenvalue weighted by molar-refractivity contribution is 1.48. The van der Waals surface area contributed by atoms with Crippen molar-refractivity contribution in [2.45, 2.75) is 6.92 Å². The molecule has 0 aliphatic carbocycles. The van der Waals surface area contributed by atoms with Gasteiger partial charge in [0.2, 0.25) is 0 Å². The standard InChI is InChI=1S/C8H8BrN/c1-3-8(6-10)5-4-7(2)9/h3-5H,2H2,1H3/b5-4-,8-3+. The summed E-state index contributed by atoms with van der Waals surface area (Å²) in [5.74, 6) is 0. The van der Waals surface area contributed by atoms with Crippen LogP contribution < -0.4 is 0 Å². The molecule has 0 saturated carbocycles. The molecule has 0 bridgehead atoms. The molecule has 0 aromatic rings. The fourth-order valence-electron chi connectivity index (χ4n) is 0.378. The van der Waals surface area contributed by atoms with Gasteiger partial charge in [0.15, 0.2) is 0 Å². The van der Waals surface area contributed by atoms with Crippen molar-refractivity contribution >= 4 is 15.9 Å². The number of allylic oxidation sites excluding steroid dienone is 5. The highest BCUT2D eigenvalue weighted by molar-refractivity contribution is 9.11. The Morgan fingerprint density at radius 1 is 1.60 bits per heavy atom. The fraction of sp³-hybridized carbons (Fsp3) is 0.125. The molecule has 0 saturated heterocycles. The van der Waals surface area contributed by atoms with Crippen molar-refractivity contribution in [1.82, 2.24) is 0 Å². The van der Waals surface area contributed by atoms with Crippen LogP contribution in [0.5, 0.6) is 0 Å². The number of nitrogens with zero attached hydrogens (tertiary/aromatic N) is 1. The van der Waals surface area contributed by atoms with Crippen LogP contribution in [0.25, 0.3) is 0 Å². The monoisotopic (exact) mass is 197 g/mol. The van der Waals surface area contributed by atoms with Gasteiger partial charge in [0.05, 0.1) is 6.07 Å². The Hall–Kier alpha value is -0.810. The zero-order valence-electron chi connectivity index (χ0n) is 5.76. The van der Waals surface area contributed by atoms with Crippen LogP contribution >= 0.6 is 15.9 Å². The summed E-state index contributed by atoms with van der Waals surface area (Å²) < 4.78 is 0.766. The number of hydrogen-bond acceptors (Lipinski definition) is 1. The summed E-state index contributed by atoms with van der Waals surface area (Å²) in [6.07, 6.45) is 5.18. The van der Waals surface area contributed by atoms with Gasteiger partial charge >= 0.3 is 0 Å². The van der Waals surface area contributed by atoms with Gasteiger partial charge in [-0.05, 0) is 19.1 Å². The summed E-state index contributed by atoms with van der Waals surface area (Å²) in [4.78, 5) is 0. The molecule has 0 atom stereocenters. The van der Waals surface area contributed by atoms with E-state index in [0.29, 0.717) is 5.57 Å². The Morgan fingerprint density at radius 3 is 2.50 bits per heavy atom. The Labute approximate surface area is 69.5 Å². The Balaban J connectivity index is 4.16. The number of rotatable bonds is 2. The maximum absolute atomic E-state index is 8.42. The van der Waals surface area contributed by atoms with Crippen LogP contribution in [0.2, 0.25) is 0 Å². The first kappa shape index (κ1) is 9.19. The van der Waals surface area contributed by atoms with E-state index in [2.05, 4.69) is 22.5 Å². The van der Waals surface area contributed by atoms with E-state index in [-0.39, 0.29) is 0 Å². The molecule has 0 N–H and O–H groups in total. The average Bonchev–Trinajstić information content (AvgIpc) is 1.90. The summed E-state index contributed by atoms with van der Waals surface area (Å²) in [7, 11) is 0. The lowest BCUT2D eigenvalue weighted by Crippen LogP contribution is -1.67. The first-order chi connectivity index (χ1) is 4.70. The minimum absolute atomic E-state index is 0.639. The molecule has 0 spiro atoms. The molecule has 0 fully saturated rings. The molecule has 52 valence electrons. The molecule has 0 aliphatic heterocycles. The molecule has 2 heteroatoms. The minimum Gasteiger partial charge on any atom is -0.192 e. The maximum Gasteiger partial charge on any atom is 0.0988 e. The van der Waals surface area contributed by atoms with Crippen molar-refractivity contribution in [2.75, 3.05) is 0 Å². The average molecular weight is 198 g/mol. The summed E-state index contributed by atoms with van der Waals surface area (Å²) in [5, 5.41) is 8.42. The first-order valence-electron chi connectivity index (χ1n) is 2.79. The highest BCUT2D eigenvalue weighted by Gasteiger charge is 1.83. The number of nitriles is 1. The zero-order valence-corrected chi connectivity index (χ0v) is 7.35. The highest BCUT2D eigenvalue weighted by Crippen LogP contribution is 2.04. The lowest BCUT2D eigenvalue weighted by Gasteiger charge is -1.83. The smallest absolute Gasteiger partial charge is 0.0988 e. The van der Waals surface area contributed by atoms with Crippen molar-refractivity contribution in [3.63, 3.8) is 0 Å². The molecular formula is C8H8BrN. The van der Waals surface area contributed by atoms with Crippen molar-refractivity contribution in [3.8, 4) is 6.07 Å². The van der Waals surface area contributed by atoms with Gasteiger partial charge in [0, 0.05) is 10.1 Å². The molecular weight excluding hydrogens is 190 g/mol. The maximum atomic E-state index is 8.42. The zero-order chi connectivity index (χ0) is 7.98. The van der Waals surface area contributed by atoms with E-state index in [1.54, 1.807) is 18.2 Å². The van der Waals surface area contributed by atoms with Crippen LogP contribution in [0.3, 0.4) is 0 Å². The van der Waals surface area contributed by atoms with E-state index >= 15 is 0 Å². The molecule has 0 amide bonds. The molecule has 0 aliphatic rings. The Kier molecular flexibility index (Phi) is 4.61. The second kappa shape index (κ2) is 5.01. The van der Waals surface area contributed by atoms with Crippen LogP contribution in [-0.4, -0.2) is 0 Å². The van der Waals surface area contributed by atoms with Crippen LogP contribution in [0.15, 0.2) is 34.9 Å². The largest absolute Gasteiger partial charge is 0.192 e. The van der Waals surface area contributed by atoms with Gasteiger partial charge in [0.25, 0.3) is 0 Å². The molecule has 0 aromatic heterocycles. The van der Waals surface area contributed by atoms with Crippen LogP contribution in [0, 0.1) is 11.3 Å². The molecule has 0 heterocycles. The molecule has 0 rings (SSSR count). The van der Waals surface area contributed by atoms with Gasteiger partial charge in [-0.1, -0.05) is 28.6 Å². The minimum atomic E-state index is 0.639. The predicted molar refractivity (Wildman–Crippen MR) is 46.6 cm³/mol. The molecule has 10 heavy (non-hydrogen) atoms. The number of halogens is 1. The Bertz CT molecular complexity index is 218. The Morgan fingerprint density at radius 2 is 2.20 bits per heavy atom. The SMILES string of the molecule is C=C(Br)/C=C\C(C#N)=C/C. The molecule has 1 nitrogen and oxygen atoms in total. The van der Waals surface area contributed by atoms with Crippen LogP contribution in [0.4, 0.5) is 0 Å². The third-order valence-corrected chi connectivity index (χ3v) is 1.15. The van der Waals surface area contributed by atoms with E-state index in [4.69, 9.17) is 5.26 Å². The van der Waals surface area contributed by atoms with E-state index in [1.807, 2.05) is 13.0 Å². The third kappa shape index (κ3) is 4.11. The van der Waals surface area contributed by atoms with Gasteiger partial charge < -0.3 is 0 Å². The second-order valence-corrected chi connectivity index (χ2v) is 2.65. The van der Waals surface area contributed by atoms with Crippen LogP contribution in [0.1, 0.15) is 6.92 Å². The third-order valence-electron chi connectivity index (χ3n) is 0.884. The predicted octanol–water partition coefficient (Wildman–Crippen LogP) is 2.92. The van der Waals surface area contributed by atoms with Crippen molar-refractivity contribution < 1.29 is 0 Å². The van der Waals surface area contributed by atoms with Crippen molar-refractivity contribution in [2.24, 2.45) is 0 Å². The summed E-state index contributed by atoms with van der Waals surface area (Å²) in [5.41, 5.74) is 0.639. The second-order valence-electron chi connectivity index (χ2n) is 1.64. The fourth-order valence-corrected chi connectivity index (χ4v) is 0.510. The van der Waals surface area contributed by atoms with Gasteiger partial charge in [-0.25, -0.2) is 0 Å². The van der Waals surface area contributed by atoms with E-state index < -0.39 is 0 Å². The van der Waals surface area contributed by atoms with Gasteiger partial charge in [0.1, 0.15) is 0 Å². The lowest BCUT2D eigenvalue weighted by atomic mass is 10.2. The molecule has 0 unspecified atom stereocenters. The first-order valence-corrected chi connectivity index (χ1v) is 3.59. The highest BCUT2D eigenvalue weighted by atomic mass is 79.9. The summed E-state index contributed by atoms with van der Waals surface area (Å²) >= 11 is 3.14. The van der Waals surface area contributed by atoms with Crippen LogP contribution in [-0.2, 0) is 0 Å². The molecule has 0 radical (unpaired) electrons.